The van der Waals surface area contributed by atoms with E-state index in [1.54, 1.807) is 35.1 Å². The van der Waals surface area contributed by atoms with Crippen molar-refractivity contribution in [3.63, 3.8) is 0 Å². The molecule has 1 fully saturated rings. The van der Waals surface area contributed by atoms with Gasteiger partial charge in [-0.15, -0.1) is 0 Å². The number of aliphatic hydroxyl groups is 1. The number of para-hydroxylation sites is 3. The first-order valence-corrected chi connectivity index (χ1v) is 10.9. The Kier molecular flexibility index (Phi) is 5.48. The van der Waals surface area contributed by atoms with Gasteiger partial charge in [0, 0.05) is 23.8 Å². The summed E-state index contributed by atoms with van der Waals surface area (Å²) >= 11 is 0. The third-order valence-corrected chi connectivity index (χ3v) is 6.53. The molecule has 2 heterocycles. The Morgan fingerprint density at radius 1 is 1.00 bits per heavy atom. The molecular formula is C26H25N3O4. The summed E-state index contributed by atoms with van der Waals surface area (Å²) in [4.78, 5) is 30.1. The van der Waals surface area contributed by atoms with Gasteiger partial charge in [0.15, 0.2) is 0 Å². The van der Waals surface area contributed by atoms with E-state index in [2.05, 4.69) is 5.32 Å². The monoisotopic (exact) mass is 443 g/mol. The fraction of sp³-hybridized carbons (Fsp3) is 0.231. The van der Waals surface area contributed by atoms with Crippen LogP contribution in [0.2, 0.25) is 0 Å². The highest BCUT2D eigenvalue weighted by Gasteiger charge is 2.55. The van der Waals surface area contributed by atoms with Crippen LogP contribution >= 0.6 is 0 Å². The zero-order valence-corrected chi connectivity index (χ0v) is 18.2. The molecule has 7 heteroatoms. The average molecular weight is 444 g/mol. The fourth-order valence-corrected chi connectivity index (χ4v) is 5.03. The van der Waals surface area contributed by atoms with Crippen LogP contribution in [0.4, 0.5) is 16.2 Å². The first-order valence-electron chi connectivity index (χ1n) is 10.9. The molecule has 3 atom stereocenters. The molecule has 0 radical (unpaired) electrons. The molecule has 7 nitrogen and oxygen atoms in total. The number of urea groups is 1. The lowest BCUT2D eigenvalue weighted by molar-refractivity contribution is -0.00266. The normalized spacial score (nSPS) is 20.8. The van der Waals surface area contributed by atoms with Gasteiger partial charge in [-0.3, -0.25) is 4.79 Å². The first kappa shape index (κ1) is 21.0. The predicted octanol–water partition coefficient (Wildman–Crippen LogP) is 3.72. The van der Waals surface area contributed by atoms with E-state index in [0.29, 0.717) is 23.5 Å². The molecule has 0 spiro atoms. The number of carbonyl (C=O) groups is 2. The number of rotatable bonds is 4. The number of hydrogen-bond donors (Lipinski definition) is 2. The van der Waals surface area contributed by atoms with Crippen molar-refractivity contribution in [1.82, 2.24) is 4.90 Å². The summed E-state index contributed by atoms with van der Waals surface area (Å²) < 4.78 is 5.41. The molecule has 168 valence electrons. The van der Waals surface area contributed by atoms with Crippen molar-refractivity contribution in [3.05, 3.63) is 90.0 Å². The number of ether oxygens (including phenoxy) is 1. The highest BCUT2D eigenvalue weighted by Crippen LogP contribution is 2.48. The van der Waals surface area contributed by atoms with Gasteiger partial charge in [-0.1, -0.05) is 48.5 Å². The largest absolute Gasteiger partial charge is 0.496 e. The molecule has 3 amide bonds. The van der Waals surface area contributed by atoms with E-state index in [-0.39, 0.29) is 36.5 Å². The van der Waals surface area contributed by atoms with Crippen LogP contribution in [0.25, 0.3) is 0 Å². The van der Waals surface area contributed by atoms with E-state index < -0.39 is 0 Å². The third kappa shape index (κ3) is 3.50. The number of methoxy groups -OCH3 is 1. The number of benzene rings is 3. The summed E-state index contributed by atoms with van der Waals surface area (Å²) in [7, 11) is 1.54. The Labute approximate surface area is 192 Å². The highest BCUT2D eigenvalue weighted by molar-refractivity contribution is 6.09. The van der Waals surface area contributed by atoms with Crippen LogP contribution in [0.1, 0.15) is 21.8 Å². The summed E-state index contributed by atoms with van der Waals surface area (Å²) in [6.45, 7) is 0.176. The minimum Gasteiger partial charge on any atom is -0.496 e. The quantitative estimate of drug-likeness (QED) is 0.644. The maximum Gasteiger partial charge on any atom is 0.322 e. The van der Waals surface area contributed by atoms with Gasteiger partial charge >= 0.3 is 6.03 Å². The summed E-state index contributed by atoms with van der Waals surface area (Å²) in [6.07, 6.45) is 0. The van der Waals surface area contributed by atoms with Crippen molar-refractivity contribution >= 4 is 23.3 Å². The van der Waals surface area contributed by atoms with Gasteiger partial charge < -0.3 is 25.0 Å². The average Bonchev–Trinajstić information content (AvgIpc) is 2.84. The minimum absolute atomic E-state index is 0.0468. The van der Waals surface area contributed by atoms with E-state index in [9.17, 15) is 14.7 Å². The van der Waals surface area contributed by atoms with Crippen molar-refractivity contribution in [2.75, 3.05) is 30.5 Å². The molecule has 1 saturated heterocycles. The molecule has 2 N–H and O–H groups in total. The van der Waals surface area contributed by atoms with E-state index in [1.807, 2.05) is 60.7 Å². The maximum atomic E-state index is 13.6. The Morgan fingerprint density at radius 2 is 1.70 bits per heavy atom. The third-order valence-electron chi connectivity index (χ3n) is 6.53. The number of carbonyl (C=O) groups excluding carboxylic acids is 2. The van der Waals surface area contributed by atoms with Crippen LogP contribution in [0.3, 0.4) is 0 Å². The lowest BCUT2D eigenvalue weighted by Crippen LogP contribution is -2.71. The molecule has 0 bridgehead atoms. The second-order valence-corrected chi connectivity index (χ2v) is 8.22. The Balaban J connectivity index is 1.49. The molecule has 0 aliphatic carbocycles. The zero-order chi connectivity index (χ0) is 22.9. The van der Waals surface area contributed by atoms with Gasteiger partial charge in [0.1, 0.15) is 5.75 Å². The molecule has 33 heavy (non-hydrogen) atoms. The van der Waals surface area contributed by atoms with E-state index in [0.717, 1.165) is 11.3 Å². The summed E-state index contributed by atoms with van der Waals surface area (Å²) in [5, 5.41) is 13.1. The Morgan fingerprint density at radius 3 is 2.45 bits per heavy atom. The number of nitrogens with zero attached hydrogens (tertiary/aromatic N) is 2. The number of hydrogen-bond acceptors (Lipinski definition) is 4. The minimum atomic E-state index is -0.358. The van der Waals surface area contributed by atoms with Crippen LogP contribution in [-0.2, 0) is 0 Å². The lowest BCUT2D eigenvalue weighted by Gasteiger charge is -2.58. The zero-order valence-electron chi connectivity index (χ0n) is 18.2. The molecule has 3 aromatic rings. The summed E-state index contributed by atoms with van der Waals surface area (Å²) in [5.41, 5.74) is 2.91. The molecular weight excluding hydrogens is 418 g/mol. The molecule has 0 unspecified atom stereocenters. The molecule has 0 aromatic heterocycles. The standard InChI is InChI=1S/C26H25N3O4/c1-33-23-14-8-6-12-19(23)25(31)28-15-21-24(18-11-5-7-13-20(18)28)22(16-30)29(21)26(32)27-17-9-3-2-4-10-17/h2-14,21-22,24,30H,15-16H2,1H3,(H,27,32)/t21-,22-,24+/m1/s1. The summed E-state index contributed by atoms with van der Waals surface area (Å²) in [5.74, 6) is 0.270. The van der Waals surface area contributed by atoms with Crippen LogP contribution < -0.4 is 15.0 Å². The SMILES string of the molecule is COc1ccccc1C(=O)N1C[C@@H]2[C@H](c3ccccc31)[C@@H](CO)N2C(=O)Nc1ccccc1. The van der Waals surface area contributed by atoms with Crippen LogP contribution in [0.5, 0.6) is 5.75 Å². The number of fused-ring (bicyclic) bond motifs is 3. The van der Waals surface area contributed by atoms with Gasteiger partial charge in [-0.05, 0) is 35.9 Å². The molecule has 0 saturated carbocycles. The number of aliphatic hydroxyl groups excluding tert-OH is 1. The smallest absolute Gasteiger partial charge is 0.322 e. The Hall–Kier alpha value is -3.84. The number of anilines is 2. The number of nitrogens with one attached hydrogen (secondary N) is 1. The van der Waals surface area contributed by atoms with E-state index in [1.165, 1.54) is 0 Å². The second kappa shape index (κ2) is 8.60. The topological polar surface area (TPSA) is 82.1 Å². The Bertz CT molecular complexity index is 1180. The van der Waals surface area contributed by atoms with Crippen molar-refractivity contribution in [2.45, 2.75) is 18.0 Å². The van der Waals surface area contributed by atoms with Crippen molar-refractivity contribution < 1.29 is 19.4 Å². The van der Waals surface area contributed by atoms with Gasteiger partial charge in [0.05, 0.1) is 31.4 Å². The van der Waals surface area contributed by atoms with E-state index in [4.69, 9.17) is 4.74 Å². The molecule has 3 aromatic carbocycles. The van der Waals surface area contributed by atoms with Crippen LogP contribution in [-0.4, -0.2) is 54.3 Å². The fourth-order valence-electron chi connectivity index (χ4n) is 5.03. The second-order valence-electron chi connectivity index (χ2n) is 8.22. The molecule has 2 aliphatic heterocycles. The van der Waals surface area contributed by atoms with Crippen molar-refractivity contribution in [3.8, 4) is 5.75 Å². The lowest BCUT2D eigenvalue weighted by atomic mass is 9.72. The maximum absolute atomic E-state index is 13.6. The van der Waals surface area contributed by atoms with Crippen LogP contribution in [0, 0.1) is 0 Å². The first-order chi connectivity index (χ1) is 16.1. The van der Waals surface area contributed by atoms with Gasteiger partial charge in [-0.2, -0.15) is 0 Å². The van der Waals surface area contributed by atoms with Crippen molar-refractivity contribution in [1.29, 1.82) is 0 Å². The van der Waals surface area contributed by atoms with Gasteiger partial charge in [0.25, 0.3) is 5.91 Å². The number of likely N-dealkylation sites (tertiary alicyclic amines) is 1. The van der Waals surface area contributed by atoms with Crippen LogP contribution in [0.15, 0.2) is 78.9 Å². The molecule has 2 aliphatic rings. The summed E-state index contributed by atoms with van der Waals surface area (Å²) in [6, 6.07) is 23.2. The van der Waals surface area contributed by atoms with Crippen molar-refractivity contribution in [2.24, 2.45) is 0 Å². The highest BCUT2D eigenvalue weighted by atomic mass is 16.5. The van der Waals surface area contributed by atoms with Gasteiger partial charge in [0.2, 0.25) is 0 Å². The predicted molar refractivity (Wildman–Crippen MR) is 126 cm³/mol. The molecule has 5 rings (SSSR count). The van der Waals surface area contributed by atoms with Gasteiger partial charge in [-0.25, -0.2) is 4.79 Å². The number of amides is 3. The van der Waals surface area contributed by atoms with E-state index >= 15 is 0 Å².